The van der Waals surface area contributed by atoms with Crippen LogP contribution in [0.2, 0.25) is 0 Å². The van der Waals surface area contributed by atoms with E-state index in [4.69, 9.17) is 0 Å². The lowest BCUT2D eigenvalue weighted by Gasteiger charge is -2.29. The van der Waals surface area contributed by atoms with Crippen LogP contribution in [0, 0.1) is 0 Å². The molecular formula is C19H24N4O5S. The second kappa shape index (κ2) is 7.51. The number of fused-ring (bicyclic) bond motifs is 1. The van der Waals surface area contributed by atoms with E-state index in [0.717, 1.165) is 11.1 Å². The average Bonchev–Trinajstić information content (AvgIpc) is 3.25. The Bertz CT molecular complexity index is 977. The van der Waals surface area contributed by atoms with Crippen LogP contribution in [0.3, 0.4) is 0 Å². The van der Waals surface area contributed by atoms with Gasteiger partial charge in [0.25, 0.3) is 5.91 Å². The maximum atomic E-state index is 12.9. The van der Waals surface area contributed by atoms with E-state index in [2.05, 4.69) is 16.0 Å². The molecule has 1 unspecified atom stereocenters. The number of hydrogen-bond acceptors (Lipinski definition) is 7. The van der Waals surface area contributed by atoms with E-state index in [1.165, 1.54) is 11.2 Å². The molecule has 1 aromatic carbocycles. The third-order valence-electron chi connectivity index (χ3n) is 5.87. The van der Waals surface area contributed by atoms with Crippen molar-refractivity contribution in [2.45, 2.75) is 43.3 Å². The van der Waals surface area contributed by atoms with Crippen molar-refractivity contribution >= 4 is 27.6 Å². The molecule has 3 N–H and O–H groups in total. The Morgan fingerprint density at radius 2 is 2.00 bits per heavy atom. The average molecular weight is 420 g/mol. The molecule has 3 heterocycles. The van der Waals surface area contributed by atoms with Crippen molar-refractivity contribution in [1.29, 1.82) is 0 Å². The first-order valence-corrected chi connectivity index (χ1v) is 11.6. The molecule has 2 fully saturated rings. The maximum Gasteiger partial charge on any atom is 0.255 e. The molecule has 1 aromatic rings. The molecule has 3 aliphatic heterocycles. The maximum absolute atomic E-state index is 12.9. The van der Waals surface area contributed by atoms with Gasteiger partial charge in [0.05, 0.1) is 5.25 Å². The number of sulfone groups is 1. The van der Waals surface area contributed by atoms with Gasteiger partial charge in [-0.2, -0.15) is 0 Å². The van der Waals surface area contributed by atoms with Crippen LogP contribution in [0.1, 0.15) is 34.3 Å². The summed E-state index contributed by atoms with van der Waals surface area (Å²) in [6.07, 6.45) is 1.81. The number of imide groups is 1. The second-order valence-electron chi connectivity index (χ2n) is 7.91. The molecule has 3 amide bonds. The summed E-state index contributed by atoms with van der Waals surface area (Å²) < 4.78 is 23.8. The van der Waals surface area contributed by atoms with Crippen LogP contribution in [-0.2, 0) is 32.5 Å². The molecule has 156 valence electrons. The van der Waals surface area contributed by atoms with Gasteiger partial charge in [-0.25, -0.2) is 8.42 Å². The van der Waals surface area contributed by atoms with Gasteiger partial charge < -0.3 is 15.5 Å². The fraction of sp³-hybridized carbons (Fsp3) is 0.526. The number of carbonyl (C=O) groups is 3. The second-order valence-corrected chi connectivity index (χ2v) is 10.2. The van der Waals surface area contributed by atoms with Crippen LogP contribution in [0.15, 0.2) is 18.2 Å². The van der Waals surface area contributed by atoms with Crippen molar-refractivity contribution < 1.29 is 22.8 Å². The van der Waals surface area contributed by atoms with E-state index in [0.29, 0.717) is 38.2 Å². The van der Waals surface area contributed by atoms with Crippen LogP contribution in [0.5, 0.6) is 0 Å². The van der Waals surface area contributed by atoms with Gasteiger partial charge in [-0.3, -0.25) is 19.7 Å². The van der Waals surface area contributed by atoms with E-state index in [1.54, 1.807) is 6.07 Å². The molecule has 0 aliphatic carbocycles. The normalized spacial score (nSPS) is 27.3. The zero-order valence-corrected chi connectivity index (χ0v) is 16.9. The number of amides is 3. The summed E-state index contributed by atoms with van der Waals surface area (Å²) >= 11 is 0. The van der Waals surface area contributed by atoms with Crippen LogP contribution >= 0.6 is 0 Å². The van der Waals surface area contributed by atoms with Crippen LogP contribution in [0.4, 0.5) is 0 Å². The van der Waals surface area contributed by atoms with Gasteiger partial charge >= 0.3 is 0 Å². The van der Waals surface area contributed by atoms with Crippen molar-refractivity contribution in [1.82, 2.24) is 20.9 Å². The Balaban J connectivity index is 1.44. The number of carbonyl (C=O) groups excluding carboxylic acids is 3. The summed E-state index contributed by atoms with van der Waals surface area (Å²) in [5.74, 6) is -0.949. The fourth-order valence-corrected chi connectivity index (χ4v) is 5.48. The van der Waals surface area contributed by atoms with E-state index < -0.39 is 27.0 Å². The highest BCUT2D eigenvalue weighted by atomic mass is 32.2. The molecule has 0 radical (unpaired) electrons. The number of benzene rings is 1. The predicted octanol–water partition coefficient (Wildman–Crippen LogP) is -1.08. The summed E-state index contributed by atoms with van der Waals surface area (Å²) in [5.41, 5.74) is 2.28. The summed E-state index contributed by atoms with van der Waals surface area (Å²) in [6, 6.07) is 4.76. The molecule has 4 rings (SSSR count). The highest BCUT2D eigenvalue weighted by Gasteiger charge is 2.39. The molecule has 29 heavy (non-hydrogen) atoms. The highest BCUT2D eigenvalue weighted by molar-refractivity contribution is 7.91. The van der Waals surface area contributed by atoms with Gasteiger partial charge in [0.2, 0.25) is 11.8 Å². The Labute approximate surface area is 169 Å². The highest BCUT2D eigenvalue weighted by Crippen LogP contribution is 2.28. The van der Waals surface area contributed by atoms with E-state index in [9.17, 15) is 22.8 Å². The molecule has 0 saturated carbocycles. The Kier molecular flexibility index (Phi) is 5.18. The van der Waals surface area contributed by atoms with Crippen molar-refractivity contribution in [3.8, 4) is 0 Å². The Morgan fingerprint density at radius 1 is 1.21 bits per heavy atom. The Hall–Kier alpha value is -2.30. The first-order valence-electron chi connectivity index (χ1n) is 9.63. The molecular weight excluding hydrogens is 396 g/mol. The summed E-state index contributed by atoms with van der Waals surface area (Å²) in [6.45, 7) is 1.79. The number of piperidine rings is 1. The minimum absolute atomic E-state index is 0.186. The van der Waals surface area contributed by atoms with Crippen LogP contribution in [-0.4, -0.2) is 67.7 Å². The minimum atomic E-state index is -3.15. The lowest BCUT2D eigenvalue weighted by Crippen LogP contribution is -2.52. The molecule has 3 atom stereocenters. The monoisotopic (exact) mass is 420 g/mol. The van der Waals surface area contributed by atoms with Crippen molar-refractivity contribution in [2.75, 3.05) is 19.3 Å². The standard InChI is InChI=1S/C19H24N4O5S/c1-29(27,28)16-9-20-8-14(16)21-7-11-2-3-12-10-23(19(26)13(12)6-11)15-4-5-17(24)22-18(15)25/h2-3,6,14-16,20-21H,4-5,7-10H2,1H3,(H,22,24,25)/t14-,15?,16-/m1/s1. The third kappa shape index (κ3) is 3.92. The number of rotatable bonds is 5. The number of nitrogens with zero attached hydrogens (tertiary/aromatic N) is 1. The Morgan fingerprint density at radius 3 is 2.72 bits per heavy atom. The first kappa shape index (κ1) is 20.0. The molecule has 9 nitrogen and oxygen atoms in total. The minimum Gasteiger partial charge on any atom is -0.322 e. The van der Waals surface area contributed by atoms with Gasteiger partial charge in [-0.15, -0.1) is 0 Å². The molecule has 3 aliphatic rings. The zero-order valence-electron chi connectivity index (χ0n) is 16.1. The largest absolute Gasteiger partial charge is 0.322 e. The zero-order chi connectivity index (χ0) is 20.8. The van der Waals surface area contributed by atoms with Gasteiger partial charge in [0, 0.05) is 50.5 Å². The van der Waals surface area contributed by atoms with Gasteiger partial charge in [-0.1, -0.05) is 12.1 Å². The van der Waals surface area contributed by atoms with Crippen molar-refractivity contribution in [3.05, 3.63) is 34.9 Å². The lowest BCUT2D eigenvalue weighted by molar-refractivity contribution is -0.136. The molecule has 2 saturated heterocycles. The topological polar surface area (TPSA) is 125 Å². The van der Waals surface area contributed by atoms with Crippen LogP contribution < -0.4 is 16.0 Å². The number of hydrogen-bond donors (Lipinski definition) is 3. The summed E-state index contributed by atoms with van der Waals surface area (Å²) in [7, 11) is -3.15. The fourth-order valence-electron chi connectivity index (χ4n) is 4.27. The van der Waals surface area contributed by atoms with Crippen LogP contribution in [0.25, 0.3) is 0 Å². The van der Waals surface area contributed by atoms with Gasteiger partial charge in [-0.05, 0) is 23.6 Å². The van der Waals surface area contributed by atoms with E-state index >= 15 is 0 Å². The molecule has 0 bridgehead atoms. The van der Waals surface area contributed by atoms with Crippen molar-refractivity contribution in [3.63, 3.8) is 0 Å². The lowest BCUT2D eigenvalue weighted by atomic mass is 10.0. The first-order chi connectivity index (χ1) is 13.7. The number of nitrogens with one attached hydrogen (secondary N) is 3. The quantitative estimate of drug-likeness (QED) is 0.518. The molecule has 10 heteroatoms. The third-order valence-corrected chi connectivity index (χ3v) is 7.46. The van der Waals surface area contributed by atoms with E-state index in [1.807, 2.05) is 12.1 Å². The summed E-state index contributed by atoms with van der Waals surface area (Å²) in [4.78, 5) is 37.9. The summed E-state index contributed by atoms with van der Waals surface area (Å²) in [5, 5.41) is 8.20. The van der Waals surface area contributed by atoms with Crippen molar-refractivity contribution in [2.24, 2.45) is 0 Å². The molecule has 0 spiro atoms. The molecule has 0 aromatic heterocycles. The predicted molar refractivity (Wildman–Crippen MR) is 105 cm³/mol. The van der Waals surface area contributed by atoms with E-state index in [-0.39, 0.29) is 24.3 Å². The van der Waals surface area contributed by atoms with Gasteiger partial charge in [0.15, 0.2) is 9.84 Å². The smallest absolute Gasteiger partial charge is 0.255 e. The van der Waals surface area contributed by atoms with Gasteiger partial charge in [0.1, 0.15) is 6.04 Å². The SMILES string of the molecule is CS(=O)(=O)[C@@H]1CNC[C@H]1NCc1ccc2c(c1)C(=O)N(C1CCC(=O)NC1=O)C2.